The number of aryl methyl sites for hydroxylation is 2. The van der Waals surface area contributed by atoms with Crippen molar-refractivity contribution in [2.45, 2.75) is 105 Å². The summed E-state index contributed by atoms with van der Waals surface area (Å²) in [4.78, 5) is 16.4. The van der Waals surface area contributed by atoms with E-state index in [2.05, 4.69) is 52.8 Å². The van der Waals surface area contributed by atoms with E-state index < -0.39 is 0 Å². The second-order valence-electron chi connectivity index (χ2n) is 14.6. The molecular formula is C41H54Ir2N4O4-2. The van der Waals surface area contributed by atoms with E-state index in [0.29, 0.717) is 5.92 Å². The Hall–Kier alpha value is -2.26. The molecule has 282 valence electrons. The van der Waals surface area contributed by atoms with Gasteiger partial charge in [0.15, 0.2) is 0 Å². The van der Waals surface area contributed by atoms with Crippen LogP contribution in [-0.2, 0) is 40.2 Å². The molecule has 2 radical (unpaired) electrons. The third-order valence-electron chi connectivity index (χ3n) is 11.1. The Balaban J connectivity index is 0.000000235. The van der Waals surface area contributed by atoms with Gasteiger partial charge in [-0.05, 0) is 81.5 Å². The smallest absolute Gasteiger partial charge is 0.105 e. The normalized spacial score (nSPS) is 26.3. The monoisotopic (exact) mass is 1050 g/mol. The fourth-order valence-corrected chi connectivity index (χ4v) is 8.04. The molecule has 3 saturated carbocycles. The zero-order valence-electron chi connectivity index (χ0n) is 30.7. The van der Waals surface area contributed by atoms with Crippen LogP contribution < -0.4 is 0 Å². The Morgan fingerprint density at radius 2 is 1.24 bits per heavy atom. The van der Waals surface area contributed by atoms with Gasteiger partial charge in [-0.1, -0.05) is 39.3 Å². The van der Waals surface area contributed by atoms with Gasteiger partial charge in [0.1, 0.15) is 12.7 Å². The summed E-state index contributed by atoms with van der Waals surface area (Å²) in [6.07, 6.45) is 7.07. The van der Waals surface area contributed by atoms with Gasteiger partial charge in [0, 0.05) is 63.4 Å². The van der Waals surface area contributed by atoms with E-state index in [1.807, 2.05) is 81.4 Å². The van der Waals surface area contributed by atoms with Crippen LogP contribution in [-0.4, -0.2) is 64.8 Å². The zero-order chi connectivity index (χ0) is 35.8. The number of benzene rings is 2. The van der Waals surface area contributed by atoms with Crippen molar-refractivity contribution in [1.82, 2.24) is 19.9 Å². The Morgan fingerprint density at radius 3 is 1.53 bits per heavy atom. The molecule has 51 heavy (non-hydrogen) atoms. The van der Waals surface area contributed by atoms with Crippen molar-refractivity contribution in [2.24, 2.45) is 28.6 Å². The van der Waals surface area contributed by atoms with Crippen LogP contribution in [0.3, 0.4) is 0 Å². The van der Waals surface area contributed by atoms with E-state index in [0.717, 1.165) is 66.0 Å². The number of hydrogen-bond donors (Lipinski definition) is 4. The molecule has 2 aromatic carbocycles. The van der Waals surface area contributed by atoms with Gasteiger partial charge in [0.25, 0.3) is 0 Å². The minimum atomic E-state index is -0.389. The van der Waals surface area contributed by atoms with Crippen molar-refractivity contribution in [1.29, 1.82) is 0 Å². The van der Waals surface area contributed by atoms with Crippen molar-refractivity contribution in [3.8, 4) is 22.5 Å². The SMILES string of the molecule is CC(O)C1C(O)C2CCC1(C)C2(C)C.CC(O)C1CCCC1O.Cc1cc(-c2[c-]cccc2)ncn1.Cc1cc(-c2[c-]cccc2)ncn1.[Ir].[Ir]. The summed E-state index contributed by atoms with van der Waals surface area (Å²) < 4.78 is 0. The standard InChI is InChI=1S/C12H22O2.2C11H9N2.C7H14O2.2Ir/c1-7(13)9-10(14)8-5-6-12(9,4)11(8,2)3;2*1-9-7-11(13-8-12-9)10-5-3-2-4-6-10;1-5(8)6-3-2-4-7(6)9;;/h7-10,13-14H,5-6H2,1-4H3;2*2-5,7-8H,1H3;5-9H,2-4H2,1H3;;/q;2*-1;;;. The van der Waals surface area contributed by atoms with Crippen molar-refractivity contribution < 1.29 is 60.6 Å². The average Bonchev–Trinajstić information content (AvgIpc) is 3.66. The predicted molar refractivity (Wildman–Crippen MR) is 193 cm³/mol. The first kappa shape index (κ1) is 44.9. The van der Waals surface area contributed by atoms with Gasteiger partial charge in [-0.3, -0.25) is 9.97 Å². The Morgan fingerprint density at radius 1 is 0.725 bits per heavy atom. The van der Waals surface area contributed by atoms with Crippen LogP contribution in [0, 0.1) is 54.6 Å². The number of nitrogens with zero attached hydrogens (tertiary/aromatic N) is 4. The van der Waals surface area contributed by atoms with Gasteiger partial charge in [-0.2, -0.15) is 0 Å². The summed E-state index contributed by atoms with van der Waals surface area (Å²) in [6.45, 7) is 14.2. The Labute approximate surface area is 331 Å². The van der Waals surface area contributed by atoms with Gasteiger partial charge in [-0.15, -0.1) is 71.8 Å². The van der Waals surface area contributed by atoms with E-state index in [9.17, 15) is 15.3 Å². The molecule has 0 saturated heterocycles. The molecule has 2 bridgehead atoms. The second-order valence-corrected chi connectivity index (χ2v) is 14.6. The van der Waals surface area contributed by atoms with Gasteiger partial charge in [0.2, 0.25) is 0 Å². The largest absolute Gasteiger partial charge is 0.393 e. The van der Waals surface area contributed by atoms with Crippen molar-refractivity contribution in [3.63, 3.8) is 0 Å². The summed E-state index contributed by atoms with van der Waals surface area (Å²) in [5.41, 5.74) is 6.10. The molecule has 3 aliphatic rings. The number of aliphatic hydroxyl groups excluding tert-OH is 4. The molecule has 4 aromatic rings. The fourth-order valence-electron chi connectivity index (χ4n) is 8.04. The van der Waals surface area contributed by atoms with Crippen LogP contribution in [0.5, 0.6) is 0 Å². The van der Waals surface area contributed by atoms with Crippen molar-refractivity contribution in [3.05, 3.63) is 96.8 Å². The maximum absolute atomic E-state index is 10.2. The average molecular weight is 1050 g/mol. The van der Waals surface area contributed by atoms with E-state index in [-0.39, 0.29) is 87.3 Å². The number of aromatic nitrogens is 4. The van der Waals surface area contributed by atoms with Gasteiger partial charge in [0.05, 0.1) is 24.4 Å². The second kappa shape index (κ2) is 20.3. The maximum atomic E-state index is 10.2. The van der Waals surface area contributed by atoms with E-state index in [1.54, 1.807) is 19.6 Å². The molecule has 2 aromatic heterocycles. The molecule has 8 atom stereocenters. The Bertz CT molecular complexity index is 1510. The topological polar surface area (TPSA) is 132 Å². The van der Waals surface area contributed by atoms with Crippen LogP contribution >= 0.6 is 0 Å². The molecule has 4 N–H and O–H groups in total. The number of fused-ring (bicyclic) bond motifs is 2. The van der Waals surface area contributed by atoms with Crippen LogP contribution in [0.1, 0.15) is 78.1 Å². The van der Waals surface area contributed by atoms with E-state index >= 15 is 0 Å². The minimum Gasteiger partial charge on any atom is -0.393 e. The first-order chi connectivity index (χ1) is 23.3. The van der Waals surface area contributed by atoms with Gasteiger partial charge in [-0.25, -0.2) is 9.97 Å². The van der Waals surface area contributed by atoms with Crippen molar-refractivity contribution >= 4 is 0 Å². The minimum absolute atomic E-state index is 0. The summed E-state index contributed by atoms with van der Waals surface area (Å²) in [6, 6.07) is 25.7. The molecule has 8 unspecified atom stereocenters. The third-order valence-corrected chi connectivity index (χ3v) is 11.1. The fraction of sp³-hybridized carbons (Fsp3) is 0.512. The summed E-state index contributed by atoms with van der Waals surface area (Å²) in [5, 5.41) is 38.2. The first-order valence-corrected chi connectivity index (χ1v) is 17.5. The number of hydrogen-bond acceptors (Lipinski definition) is 8. The summed E-state index contributed by atoms with van der Waals surface area (Å²) in [5.74, 6) is 0.591. The van der Waals surface area contributed by atoms with Crippen LogP contribution in [0.25, 0.3) is 22.5 Å². The van der Waals surface area contributed by atoms with E-state index in [4.69, 9.17) is 5.11 Å². The van der Waals surface area contributed by atoms with Crippen LogP contribution in [0.2, 0.25) is 0 Å². The molecule has 2 heterocycles. The number of rotatable bonds is 4. The third kappa shape index (κ3) is 11.1. The predicted octanol–water partition coefficient (Wildman–Crippen LogP) is 6.83. The molecule has 0 spiro atoms. The number of aliphatic hydroxyl groups is 4. The molecule has 3 aliphatic carbocycles. The van der Waals surface area contributed by atoms with Gasteiger partial charge < -0.3 is 20.4 Å². The van der Waals surface area contributed by atoms with Crippen LogP contribution in [0.15, 0.2) is 73.3 Å². The van der Waals surface area contributed by atoms with Gasteiger partial charge >= 0.3 is 0 Å². The Kier molecular flexibility index (Phi) is 17.8. The summed E-state index contributed by atoms with van der Waals surface area (Å²) >= 11 is 0. The quantitative estimate of drug-likeness (QED) is 0.164. The zero-order valence-corrected chi connectivity index (χ0v) is 35.5. The maximum Gasteiger partial charge on any atom is 0.105 e. The summed E-state index contributed by atoms with van der Waals surface area (Å²) in [7, 11) is 0. The molecule has 8 nitrogen and oxygen atoms in total. The molecule has 7 rings (SSSR count). The first-order valence-electron chi connectivity index (χ1n) is 17.5. The molecule has 10 heteroatoms. The molecule has 0 amide bonds. The molecule has 3 fully saturated rings. The van der Waals surface area contributed by atoms with E-state index in [1.165, 1.54) is 0 Å². The van der Waals surface area contributed by atoms with Crippen LogP contribution in [0.4, 0.5) is 0 Å². The molecule has 0 aliphatic heterocycles. The molecular weight excluding hydrogens is 997 g/mol. The van der Waals surface area contributed by atoms with Crippen molar-refractivity contribution in [2.75, 3.05) is 0 Å².